The van der Waals surface area contributed by atoms with Gasteiger partial charge in [0, 0.05) is 30.1 Å². The molecule has 3 aliphatic rings. The van der Waals surface area contributed by atoms with Crippen LogP contribution in [0, 0.1) is 5.92 Å². The second-order valence-corrected chi connectivity index (χ2v) is 8.23. The summed E-state index contributed by atoms with van der Waals surface area (Å²) >= 11 is 1.49. The number of benzene rings is 1. The van der Waals surface area contributed by atoms with Crippen LogP contribution >= 0.6 is 11.3 Å². The molecule has 6 heteroatoms. The molecule has 2 aromatic rings. The Morgan fingerprint density at radius 2 is 1.96 bits per heavy atom. The second-order valence-electron chi connectivity index (χ2n) is 7.14. The molecule has 2 amide bonds. The monoisotopic (exact) mass is 369 g/mol. The standard InChI is InChI=1S/C20H23N3O2S/c1-13(24)21-16-4-2-3-15(11-16)18-5-6-19(26-18)20(25)22-17-12-23-9-7-14(17)8-10-23/h2-6,11,14,17H,7-10,12H2,1H3,(H,21,24)(H,22,25). The van der Waals surface area contributed by atoms with E-state index in [2.05, 4.69) is 15.5 Å². The molecule has 26 heavy (non-hydrogen) atoms. The first-order chi connectivity index (χ1) is 12.6. The first kappa shape index (κ1) is 17.2. The number of anilines is 1. The van der Waals surface area contributed by atoms with Crippen molar-refractivity contribution in [1.29, 1.82) is 0 Å². The molecular weight excluding hydrogens is 346 g/mol. The number of hydrogen-bond donors (Lipinski definition) is 2. The average Bonchev–Trinajstić information content (AvgIpc) is 3.13. The maximum absolute atomic E-state index is 12.7. The van der Waals surface area contributed by atoms with Gasteiger partial charge in [0.2, 0.25) is 5.91 Å². The average molecular weight is 369 g/mol. The van der Waals surface area contributed by atoms with Gasteiger partial charge in [-0.1, -0.05) is 12.1 Å². The van der Waals surface area contributed by atoms with Gasteiger partial charge in [0.25, 0.3) is 5.91 Å². The summed E-state index contributed by atoms with van der Waals surface area (Å²) in [5, 5.41) is 6.04. The molecule has 1 aromatic carbocycles. The van der Waals surface area contributed by atoms with Gasteiger partial charge in [0.1, 0.15) is 0 Å². The maximum atomic E-state index is 12.7. The van der Waals surface area contributed by atoms with E-state index in [0.717, 1.165) is 27.5 Å². The van der Waals surface area contributed by atoms with E-state index in [-0.39, 0.29) is 17.9 Å². The van der Waals surface area contributed by atoms with Crippen molar-refractivity contribution in [3.63, 3.8) is 0 Å². The molecule has 5 rings (SSSR count). The van der Waals surface area contributed by atoms with Crippen molar-refractivity contribution < 1.29 is 9.59 Å². The third-order valence-corrected chi connectivity index (χ3v) is 6.40. The molecule has 0 aliphatic carbocycles. The van der Waals surface area contributed by atoms with E-state index in [1.807, 2.05) is 36.4 Å². The second kappa shape index (κ2) is 7.21. The van der Waals surface area contributed by atoms with E-state index in [1.165, 1.54) is 44.2 Å². The SMILES string of the molecule is CC(=O)Nc1cccc(-c2ccc(C(=O)NC3CN4CCC3CC4)s2)c1. The highest BCUT2D eigenvalue weighted by Crippen LogP contribution is 2.31. The highest BCUT2D eigenvalue weighted by molar-refractivity contribution is 7.17. The van der Waals surface area contributed by atoms with Crippen molar-refractivity contribution in [1.82, 2.24) is 10.2 Å². The fraction of sp³-hybridized carbons (Fsp3) is 0.400. The van der Waals surface area contributed by atoms with Crippen LogP contribution in [0.15, 0.2) is 36.4 Å². The lowest BCUT2D eigenvalue weighted by molar-refractivity contribution is -0.114. The van der Waals surface area contributed by atoms with Crippen LogP contribution in [-0.4, -0.2) is 42.4 Å². The Balaban J connectivity index is 1.46. The van der Waals surface area contributed by atoms with E-state index in [1.54, 1.807) is 0 Å². The van der Waals surface area contributed by atoms with Crippen LogP contribution in [0.3, 0.4) is 0 Å². The van der Waals surface area contributed by atoms with Crippen molar-refractivity contribution >= 4 is 28.8 Å². The zero-order chi connectivity index (χ0) is 18.1. The first-order valence-electron chi connectivity index (χ1n) is 9.09. The summed E-state index contributed by atoms with van der Waals surface area (Å²) in [6.07, 6.45) is 2.38. The predicted octanol–water partition coefficient (Wildman–Crippen LogP) is 3.20. The lowest BCUT2D eigenvalue weighted by Gasteiger charge is -2.44. The Hall–Kier alpha value is -2.18. The van der Waals surface area contributed by atoms with Crippen molar-refractivity contribution in [3.8, 4) is 10.4 Å². The number of nitrogens with one attached hydrogen (secondary N) is 2. The molecule has 4 heterocycles. The number of thiophene rings is 1. The third kappa shape index (κ3) is 3.66. The van der Waals surface area contributed by atoms with E-state index >= 15 is 0 Å². The molecular formula is C20H23N3O2S. The van der Waals surface area contributed by atoms with Crippen molar-refractivity contribution in [3.05, 3.63) is 41.3 Å². The van der Waals surface area contributed by atoms with Gasteiger partial charge in [0.15, 0.2) is 0 Å². The molecule has 0 radical (unpaired) electrons. The van der Waals surface area contributed by atoms with Crippen LogP contribution in [0.1, 0.15) is 29.4 Å². The molecule has 0 saturated carbocycles. The van der Waals surface area contributed by atoms with Crippen LogP contribution in [0.25, 0.3) is 10.4 Å². The Kier molecular flexibility index (Phi) is 4.78. The third-order valence-electron chi connectivity index (χ3n) is 5.27. The predicted molar refractivity (Wildman–Crippen MR) is 104 cm³/mol. The van der Waals surface area contributed by atoms with Gasteiger partial charge in [0.05, 0.1) is 4.88 Å². The Bertz CT molecular complexity index is 824. The van der Waals surface area contributed by atoms with Gasteiger partial charge in [-0.05, 0) is 61.7 Å². The fourth-order valence-electron chi connectivity index (χ4n) is 3.94. The zero-order valence-corrected chi connectivity index (χ0v) is 15.6. The summed E-state index contributed by atoms with van der Waals surface area (Å²) in [7, 11) is 0. The van der Waals surface area contributed by atoms with Gasteiger partial charge in [-0.25, -0.2) is 0 Å². The summed E-state index contributed by atoms with van der Waals surface area (Å²) in [5.74, 6) is 0.557. The van der Waals surface area contributed by atoms with Gasteiger partial charge in [-0.2, -0.15) is 0 Å². The lowest BCUT2D eigenvalue weighted by Crippen LogP contribution is -2.57. The van der Waals surface area contributed by atoms with Gasteiger partial charge < -0.3 is 15.5 Å². The summed E-state index contributed by atoms with van der Waals surface area (Å²) in [5.41, 5.74) is 1.77. The first-order valence-corrected chi connectivity index (χ1v) is 9.91. The lowest BCUT2D eigenvalue weighted by atomic mass is 9.84. The zero-order valence-electron chi connectivity index (χ0n) is 14.8. The summed E-state index contributed by atoms with van der Waals surface area (Å²) in [6.45, 7) is 4.82. The fourth-order valence-corrected chi connectivity index (χ4v) is 4.84. The minimum atomic E-state index is -0.0917. The van der Waals surface area contributed by atoms with E-state index in [9.17, 15) is 9.59 Å². The highest BCUT2D eigenvalue weighted by atomic mass is 32.1. The molecule has 3 fully saturated rings. The van der Waals surface area contributed by atoms with E-state index in [4.69, 9.17) is 0 Å². The molecule has 3 aliphatic heterocycles. The molecule has 5 nitrogen and oxygen atoms in total. The molecule has 2 N–H and O–H groups in total. The number of rotatable bonds is 4. The van der Waals surface area contributed by atoms with E-state index in [0.29, 0.717) is 5.92 Å². The molecule has 1 unspecified atom stereocenters. The molecule has 3 saturated heterocycles. The summed E-state index contributed by atoms with van der Waals surface area (Å²) in [6, 6.07) is 11.8. The highest BCUT2D eigenvalue weighted by Gasteiger charge is 2.35. The normalized spacial score (nSPS) is 24.3. The number of amides is 2. The Labute approximate surface area is 157 Å². The number of fused-ring (bicyclic) bond motifs is 3. The van der Waals surface area contributed by atoms with Crippen molar-refractivity contribution in [2.75, 3.05) is 25.0 Å². The van der Waals surface area contributed by atoms with Crippen molar-refractivity contribution in [2.45, 2.75) is 25.8 Å². The number of piperidine rings is 3. The minimum absolute atomic E-state index is 0.0259. The van der Waals surface area contributed by atoms with Crippen LogP contribution in [0.5, 0.6) is 0 Å². The molecule has 1 aromatic heterocycles. The van der Waals surface area contributed by atoms with Gasteiger partial charge in [-0.3, -0.25) is 9.59 Å². The summed E-state index contributed by atoms with van der Waals surface area (Å²) < 4.78 is 0. The van der Waals surface area contributed by atoms with Gasteiger partial charge in [-0.15, -0.1) is 11.3 Å². The quantitative estimate of drug-likeness (QED) is 0.870. The molecule has 136 valence electrons. The van der Waals surface area contributed by atoms with Crippen LogP contribution < -0.4 is 10.6 Å². The number of hydrogen-bond acceptors (Lipinski definition) is 4. The number of nitrogens with zero attached hydrogens (tertiary/aromatic N) is 1. The van der Waals surface area contributed by atoms with Crippen molar-refractivity contribution in [2.24, 2.45) is 5.92 Å². The van der Waals surface area contributed by atoms with Gasteiger partial charge >= 0.3 is 0 Å². The summed E-state index contributed by atoms with van der Waals surface area (Å²) in [4.78, 5) is 28.1. The van der Waals surface area contributed by atoms with Crippen LogP contribution in [0.2, 0.25) is 0 Å². The number of carbonyl (C=O) groups excluding carboxylic acids is 2. The number of carbonyl (C=O) groups is 2. The largest absolute Gasteiger partial charge is 0.347 e. The minimum Gasteiger partial charge on any atom is -0.347 e. The topological polar surface area (TPSA) is 61.4 Å². The van der Waals surface area contributed by atoms with Crippen LogP contribution in [-0.2, 0) is 4.79 Å². The van der Waals surface area contributed by atoms with E-state index < -0.39 is 0 Å². The molecule has 2 bridgehead atoms. The Morgan fingerprint density at radius 1 is 1.15 bits per heavy atom. The maximum Gasteiger partial charge on any atom is 0.261 e. The van der Waals surface area contributed by atoms with Crippen LogP contribution in [0.4, 0.5) is 5.69 Å². The molecule has 1 atom stereocenters. The smallest absolute Gasteiger partial charge is 0.261 e. The molecule has 0 spiro atoms. The Morgan fingerprint density at radius 3 is 2.65 bits per heavy atom.